The minimum absolute atomic E-state index is 0.00259. The fourth-order valence-corrected chi connectivity index (χ4v) is 1.93. The molecule has 16 heavy (non-hydrogen) atoms. The Morgan fingerprint density at radius 3 is 2.31 bits per heavy atom. The highest BCUT2D eigenvalue weighted by atomic mass is 16.1. The van der Waals surface area contributed by atoms with Crippen LogP contribution in [0.15, 0.2) is 16.9 Å². The van der Waals surface area contributed by atoms with E-state index < -0.39 is 0 Å². The zero-order chi connectivity index (χ0) is 11.9. The number of fused-ring (bicyclic) bond motifs is 1. The molecule has 0 fully saturated rings. The SMILES string of the molecule is Cc1cc2[nH]c(=O)[nH]c2cc1C(N)C(C)C. The number of aryl methyl sites for hydroxylation is 1. The van der Waals surface area contributed by atoms with Gasteiger partial charge in [-0.25, -0.2) is 4.79 Å². The summed E-state index contributed by atoms with van der Waals surface area (Å²) < 4.78 is 0. The first kappa shape index (κ1) is 11.0. The third-order valence-electron chi connectivity index (χ3n) is 2.98. The fraction of sp³-hybridized carbons (Fsp3) is 0.417. The van der Waals surface area contributed by atoms with E-state index in [-0.39, 0.29) is 11.7 Å². The first-order valence-electron chi connectivity index (χ1n) is 5.47. The molecule has 1 aromatic heterocycles. The summed E-state index contributed by atoms with van der Waals surface area (Å²) >= 11 is 0. The molecule has 0 saturated carbocycles. The smallest absolute Gasteiger partial charge is 0.323 e. The molecule has 2 aromatic rings. The van der Waals surface area contributed by atoms with Crippen LogP contribution >= 0.6 is 0 Å². The van der Waals surface area contributed by atoms with E-state index in [0.717, 1.165) is 22.2 Å². The molecular formula is C12H17N3O. The monoisotopic (exact) mass is 219 g/mol. The van der Waals surface area contributed by atoms with Gasteiger partial charge < -0.3 is 15.7 Å². The molecule has 0 aliphatic heterocycles. The van der Waals surface area contributed by atoms with Gasteiger partial charge in [-0.2, -0.15) is 0 Å². The molecule has 4 heteroatoms. The van der Waals surface area contributed by atoms with Gasteiger partial charge in [-0.05, 0) is 36.1 Å². The number of benzene rings is 1. The van der Waals surface area contributed by atoms with Gasteiger partial charge in [0.25, 0.3) is 0 Å². The maximum atomic E-state index is 11.2. The Hall–Kier alpha value is -1.55. The number of hydrogen-bond donors (Lipinski definition) is 3. The number of nitrogens with one attached hydrogen (secondary N) is 2. The molecule has 2 rings (SSSR count). The highest BCUT2D eigenvalue weighted by molar-refractivity contribution is 5.76. The average Bonchev–Trinajstić information content (AvgIpc) is 2.54. The van der Waals surface area contributed by atoms with E-state index in [4.69, 9.17) is 5.73 Å². The Labute approximate surface area is 93.9 Å². The molecule has 4 N–H and O–H groups in total. The van der Waals surface area contributed by atoms with Gasteiger partial charge in [0.2, 0.25) is 0 Å². The van der Waals surface area contributed by atoms with E-state index in [9.17, 15) is 4.79 Å². The van der Waals surface area contributed by atoms with Gasteiger partial charge in [-0.15, -0.1) is 0 Å². The molecule has 0 aliphatic carbocycles. The van der Waals surface area contributed by atoms with E-state index in [1.165, 1.54) is 0 Å². The molecular weight excluding hydrogens is 202 g/mol. The highest BCUT2D eigenvalue weighted by Crippen LogP contribution is 2.25. The summed E-state index contributed by atoms with van der Waals surface area (Å²) in [6.07, 6.45) is 0. The summed E-state index contributed by atoms with van der Waals surface area (Å²) in [6, 6.07) is 3.93. The van der Waals surface area contributed by atoms with Crippen molar-refractivity contribution in [1.82, 2.24) is 9.97 Å². The Balaban J connectivity index is 2.61. The van der Waals surface area contributed by atoms with E-state index in [2.05, 4.69) is 23.8 Å². The zero-order valence-corrected chi connectivity index (χ0v) is 9.79. The fourth-order valence-electron chi connectivity index (χ4n) is 1.93. The van der Waals surface area contributed by atoms with Crippen LogP contribution in [-0.4, -0.2) is 9.97 Å². The largest absolute Gasteiger partial charge is 0.324 e. The average molecular weight is 219 g/mol. The van der Waals surface area contributed by atoms with Gasteiger partial charge >= 0.3 is 5.69 Å². The van der Waals surface area contributed by atoms with E-state index in [0.29, 0.717) is 5.92 Å². The van der Waals surface area contributed by atoms with Crippen LogP contribution in [0.25, 0.3) is 11.0 Å². The second-order valence-corrected chi connectivity index (χ2v) is 4.60. The van der Waals surface area contributed by atoms with Crippen LogP contribution in [0.3, 0.4) is 0 Å². The van der Waals surface area contributed by atoms with Gasteiger partial charge in [-0.1, -0.05) is 13.8 Å². The van der Waals surface area contributed by atoms with Crippen molar-refractivity contribution in [2.45, 2.75) is 26.8 Å². The molecule has 0 radical (unpaired) electrons. The quantitative estimate of drug-likeness (QED) is 0.720. The van der Waals surface area contributed by atoms with Crippen LogP contribution in [0.5, 0.6) is 0 Å². The minimum atomic E-state index is -0.176. The number of aromatic amines is 2. The van der Waals surface area contributed by atoms with E-state index in [1.807, 2.05) is 19.1 Å². The standard InChI is InChI=1S/C12H17N3O/c1-6(2)11(13)8-5-10-9(4-7(8)3)14-12(16)15-10/h4-6,11H,13H2,1-3H3,(H2,14,15,16). The van der Waals surface area contributed by atoms with Crippen molar-refractivity contribution in [3.05, 3.63) is 33.7 Å². The molecule has 0 amide bonds. The molecule has 0 bridgehead atoms. The normalized spacial score (nSPS) is 13.6. The summed E-state index contributed by atoms with van der Waals surface area (Å²) in [6.45, 7) is 6.20. The molecule has 86 valence electrons. The molecule has 0 spiro atoms. The van der Waals surface area contributed by atoms with Crippen LogP contribution < -0.4 is 11.4 Å². The molecule has 1 heterocycles. The second-order valence-electron chi connectivity index (χ2n) is 4.60. The maximum absolute atomic E-state index is 11.2. The lowest BCUT2D eigenvalue weighted by atomic mass is 9.93. The maximum Gasteiger partial charge on any atom is 0.323 e. The molecule has 0 saturated heterocycles. The van der Waals surface area contributed by atoms with Crippen molar-refractivity contribution in [3.63, 3.8) is 0 Å². The third-order valence-corrected chi connectivity index (χ3v) is 2.98. The first-order valence-corrected chi connectivity index (χ1v) is 5.47. The van der Waals surface area contributed by atoms with Crippen molar-refractivity contribution in [2.24, 2.45) is 11.7 Å². The van der Waals surface area contributed by atoms with Crippen LogP contribution in [0.1, 0.15) is 31.0 Å². The highest BCUT2D eigenvalue weighted by Gasteiger charge is 2.14. The molecule has 4 nitrogen and oxygen atoms in total. The molecule has 0 aliphatic rings. The van der Waals surface area contributed by atoms with Gasteiger partial charge in [0.15, 0.2) is 0 Å². The van der Waals surface area contributed by atoms with Crippen molar-refractivity contribution < 1.29 is 0 Å². The van der Waals surface area contributed by atoms with Crippen molar-refractivity contribution in [1.29, 1.82) is 0 Å². The summed E-state index contributed by atoms with van der Waals surface area (Å²) in [5.74, 6) is 0.377. The number of H-pyrrole nitrogens is 2. The zero-order valence-electron chi connectivity index (χ0n) is 9.79. The van der Waals surface area contributed by atoms with Gasteiger partial charge in [0.1, 0.15) is 0 Å². The third kappa shape index (κ3) is 1.76. The van der Waals surface area contributed by atoms with Crippen LogP contribution in [0.4, 0.5) is 0 Å². The lowest BCUT2D eigenvalue weighted by molar-refractivity contribution is 0.512. The number of aromatic nitrogens is 2. The summed E-state index contributed by atoms with van der Waals surface area (Å²) in [4.78, 5) is 16.7. The van der Waals surface area contributed by atoms with Gasteiger partial charge in [-0.3, -0.25) is 0 Å². The van der Waals surface area contributed by atoms with Gasteiger partial charge in [0.05, 0.1) is 11.0 Å². The Morgan fingerprint density at radius 2 is 1.75 bits per heavy atom. The summed E-state index contributed by atoms with van der Waals surface area (Å²) in [7, 11) is 0. The van der Waals surface area contributed by atoms with Crippen molar-refractivity contribution >= 4 is 11.0 Å². The Morgan fingerprint density at radius 1 is 1.19 bits per heavy atom. The lowest BCUT2D eigenvalue weighted by Crippen LogP contribution is -2.17. The number of nitrogens with two attached hydrogens (primary N) is 1. The lowest BCUT2D eigenvalue weighted by Gasteiger charge is -2.18. The Bertz CT molecular complexity index is 565. The van der Waals surface area contributed by atoms with Crippen molar-refractivity contribution in [2.75, 3.05) is 0 Å². The van der Waals surface area contributed by atoms with Crippen LogP contribution in [0.2, 0.25) is 0 Å². The Kier molecular flexibility index (Phi) is 2.59. The topological polar surface area (TPSA) is 74.7 Å². The van der Waals surface area contributed by atoms with E-state index >= 15 is 0 Å². The van der Waals surface area contributed by atoms with E-state index in [1.54, 1.807) is 0 Å². The molecule has 1 aromatic carbocycles. The first-order chi connectivity index (χ1) is 7.49. The van der Waals surface area contributed by atoms with Crippen LogP contribution in [-0.2, 0) is 0 Å². The van der Waals surface area contributed by atoms with Gasteiger partial charge in [0, 0.05) is 6.04 Å². The summed E-state index contributed by atoms with van der Waals surface area (Å²) in [5, 5.41) is 0. The summed E-state index contributed by atoms with van der Waals surface area (Å²) in [5.41, 5.74) is 9.82. The minimum Gasteiger partial charge on any atom is -0.324 e. The number of rotatable bonds is 2. The number of imidazole rings is 1. The molecule has 1 unspecified atom stereocenters. The second kappa shape index (κ2) is 3.79. The number of hydrogen-bond acceptors (Lipinski definition) is 2. The predicted molar refractivity (Wildman–Crippen MR) is 65.4 cm³/mol. The van der Waals surface area contributed by atoms with Crippen LogP contribution in [0, 0.1) is 12.8 Å². The molecule has 1 atom stereocenters. The van der Waals surface area contributed by atoms with Crippen molar-refractivity contribution in [3.8, 4) is 0 Å². The predicted octanol–water partition coefficient (Wildman–Crippen LogP) is 1.82.